The Bertz CT molecular complexity index is 690. The maximum Gasteiger partial charge on any atom is 0.224 e. The third kappa shape index (κ3) is 4.38. The number of carbonyl (C=O) groups is 1. The van der Waals surface area contributed by atoms with Gasteiger partial charge in [0.2, 0.25) is 5.91 Å². The summed E-state index contributed by atoms with van der Waals surface area (Å²) >= 11 is 0. The molecule has 1 aliphatic heterocycles. The minimum absolute atomic E-state index is 0.00352. The number of rotatable bonds is 6. The van der Waals surface area contributed by atoms with E-state index in [2.05, 4.69) is 43.4 Å². The second kappa shape index (κ2) is 6.87. The van der Waals surface area contributed by atoms with Crippen LogP contribution < -0.4 is 5.32 Å². The van der Waals surface area contributed by atoms with Crippen LogP contribution in [-0.4, -0.2) is 25.8 Å². The standard InChI is InChI=1S/C19H27NO3S/c1-13(2)11-14-3-5-15(6-4-14)18(16-7-8-16)20-19(21)17-9-10-24(22,23)12-17/h3-6,13,16-18H,7-12H2,1-2H3,(H,20,21)/t17-,18-/m0/s1. The number of hydrogen-bond acceptors (Lipinski definition) is 3. The molecule has 4 nitrogen and oxygen atoms in total. The molecule has 1 aliphatic carbocycles. The highest BCUT2D eigenvalue weighted by atomic mass is 32.2. The molecule has 1 heterocycles. The summed E-state index contributed by atoms with van der Waals surface area (Å²) in [6.07, 6.45) is 3.77. The fourth-order valence-electron chi connectivity index (χ4n) is 3.51. The van der Waals surface area contributed by atoms with Crippen LogP contribution in [-0.2, 0) is 21.1 Å². The zero-order valence-electron chi connectivity index (χ0n) is 14.5. The lowest BCUT2D eigenvalue weighted by atomic mass is 9.97. The Labute approximate surface area is 145 Å². The molecule has 2 aliphatic rings. The summed E-state index contributed by atoms with van der Waals surface area (Å²) in [4.78, 5) is 12.5. The van der Waals surface area contributed by atoms with Gasteiger partial charge >= 0.3 is 0 Å². The molecule has 2 fully saturated rings. The summed E-state index contributed by atoms with van der Waals surface area (Å²) in [5, 5.41) is 3.13. The van der Waals surface area contributed by atoms with Crippen molar-refractivity contribution in [3.05, 3.63) is 35.4 Å². The largest absolute Gasteiger partial charge is 0.349 e. The highest BCUT2D eigenvalue weighted by Gasteiger charge is 2.37. The van der Waals surface area contributed by atoms with E-state index in [0.29, 0.717) is 18.3 Å². The maximum atomic E-state index is 12.5. The van der Waals surface area contributed by atoms with Gasteiger partial charge in [-0.25, -0.2) is 8.42 Å². The van der Waals surface area contributed by atoms with E-state index in [1.54, 1.807) is 0 Å². The average molecular weight is 349 g/mol. The molecule has 132 valence electrons. The first-order valence-corrected chi connectivity index (χ1v) is 10.8. The van der Waals surface area contributed by atoms with Crippen molar-refractivity contribution < 1.29 is 13.2 Å². The van der Waals surface area contributed by atoms with Gasteiger partial charge < -0.3 is 5.32 Å². The lowest BCUT2D eigenvalue weighted by Gasteiger charge is -2.21. The Hall–Kier alpha value is -1.36. The molecule has 3 rings (SSSR count). The van der Waals surface area contributed by atoms with Gasteiger partial charge in [0, 0.05) is 0 Å². The minimum atomic E-state index is -3.02. The fourth-order valence-corrected chi connectivity index (χ4v) is 5.25. The summed E-state index contributed by atoms with van der Waals surface area (Å²) in [6.45, 7) is 4.41. The molecule has 0 aromatic heterocycles. The van der Waals surface area contributed by atoms with Crippen molar-refractivity contribution in [3.8, 4) is 0 Å². The van der Waals surface area contributed by atoms with Crippen LogP contribution in [0, 0.1) is 17.8 Å². The van der Waals surface area contributed by atoms with Crippen LogP contribution in [0.1, 0.15) is 50.3 Å². The van der Waals surface area contributed by atoms with Crippen LogP contribution in [0.15, 0.2) is 24.3 Å². The topological polar surface area (TPSA) is 63.2 Å². The van der Waals surface area contributed by atoms with Crippen LogP contribution in [0.5, 0.6) is 0 Å². The highest BCUT2D eigenvalue weighted by Crippen LogP contribution is 2.41. The van der Waals surface area contributed by atoms with E-state index in [1.165, 1.54) is 5.56 Å². The lowest BCUT2D eigenvalue weighted by molar-refractivity contribution is -0.125. The summed E-state index contributed by atoms with van der Waals surface area (Å²) < 4.78 is 23.2. The Morgan fingerprint density at radius 3 is 2.33 bits per heavy atom. The van der Waals surface area contributed by atoms with Gasteiger partial charge in [0.1, 0.15) is 0 Å². The minimum Gasteiger partial charge on any atom is -0.349 e. The molecule has 0 bridgehead atoms. The Balaban J connectivity index is 1.68. The number of sulfone groups is 1. The zero-order chi connectivity index (χ0) is 17.3. The third-order valence-electron chi connectivity index (χ3n) is 4.98. The molecule has 1 amide bonds. The average Bonchev–Trinajstić information content (AvgIpc) is 3.28. The van der Waals surface area contributed by atoms with Crippen molar-refractivity contribution in [2.24, 2.45) is 17.8 Å². The van der Waals surface area contributed by atoms with E-state index in [0.717, 1.165) is 24.8 Å². The van der Waals surface area contributed by atoms with Crippen molar-refractivity contribution in [3.63, 3.8) is 0 Å². The van der Waals surface area contributed by atoms with Crippen molar-refractivity contribution in [1.82, 2.24) is 5.32 Å². The molecule has 0 radical (unpaired) electrons. The number of hydrogen-bond donors (Lipinski definition) is 1. The van der Waals surface area contributed by atoms with Gasteiger partial charge in [-0.2, -0.15) is 0 Å². The number of carbonyl (C=O) groups excluding carboxylic acids is 1. The van der Waals surface area contributed by atoms with E-state index < -0.39 is 9.84 Å². The van der Waals surface area contributed by atoms with Crippen molar-refractivity contribution in [1.29, 1.82) is 0 Å². The molecule has 2 atom stereocenters. The molecular formula is C19H27NO3S. The highest BCUT2D eigenvalue weighted by molar-refractivity contribution is 7.91. The van der Waals surface area contributed by atoms with Crippen LogP contribution in [0.25, 0.3) is 0 Å². The quantitative estimate of drug-likeness (QED) is 0.859. The van der Waals surface area contributed by atoms with Gasteiger partial charge in [0.05, 0.1) is 23.5 Å². The van der Waals surface area contributed by atoms with Crippen LogP contribution in [0.4, 0.5) is 0 Å². The third-order valence-corrected chi connectivity index (χ3v) is 6.75. The normalized spacial score (nSPS) is 24.0. The van der Waals surface area contributed by atoms with Gasteiger partial charge in [0.25, 0.3) is 0 Å². The van der Waals surface area contributed by atoms with Crippen LogP contribution in [0.2, 0.25) is 0 Å². The number of amides is 1. The molecule has 0 spiro atoms. The predicted molar refractivity (Wildman–Crippen MR) is 95.4 cm³/mol. The summed E-state index contributed by atoms with van der Waals surface area (Å²) in [5.74, 6) is 0.782. The second-order valence-electron chi connectivity index (χ2n) is 7.76. The van der Waals surface area contributed by atoms with Crippen LogP contribution >= 0.6 is 0 Å². The Kier molecular flexibility index (Phi) is 5.00. The van der Waals surface area contributed by atoms with Gasteiger partial charge in [-0.05, 0) is 48.6 Å². The fraction of sp³-hybridized carbons (Fsp3) is 0.632. The van der Waals surface area contributed by atoms with Gasteiger partial charge in [-0.15, -0.1) is 0 Å². The smallest absolute Gasteiger partial charge is 0.224 e. The second-order valence-corrected chi connectivity index (χ2v) is 9.99. The molecule has 24 heavy (non-hydrogen) atoms. The molecule has 5 heteroatoms. The Morgan fingerprint density at radius 2 is 1.83 bits per heavy atom. The first-order valence-electron chi connectivity index (χ1n) is 8.94. The first-order chi connectivity index (χ1) is 11.3. The van der Waals surface area contributed by atoms with Crippen LogP contribution in [0.3, 0.4) is 0 Å². The number of benzene rings is 1. The molecule has 1 saturated carbocycles. The molecule has 1 aromatic rings. The monoisotopic (exact) mass is 349 g/mol. The molecule has 0 unspecified atom stereocenters. The Morgan fingerprint density at radius 1 is 1.17 bits per heavy atom. The van der Waals surface area contributed by atoms with Crippen molar-refractivity contribution in [2.45, 2.75) is 45.6 Å². The molecule has 1 N–H and O–H groups in total. The predicted octanol–water partition coefficient (Wildman–Crippen LogP) is 2.89. The van der Waals surface area contributed by atoms with Crippen molar-refractivity contribution in [2.75, 3.05) is 11.5 Å². The molecular weight excluding hydrogens is 322 g/mol. The molecule has 1 aromatic carbocycles. The number of nitrogens with one attached hydrogen (secondary N) is 1. The van der Waals surface area contributed by atoms with Gasteiger partial charge in [-0.1, -0.05) is 38.1 Å². The van der Waals surface area contributed by atoms with E-state index in [4.69, 9.17) is 0 Å². The van der Waals surface area contributed by atoms with Crippen molar-refractivity contribution >= 4 is 15.7 Å². The molecule has 1 saturated heterocycles. The maximum absolute atomic E-state index is 12.5. The summed E-state index contributed by atoms with van der Waals surface area (Å²) in [5.41, 5.74) is 2.45. The van der Waals surface area contributed by atoms with E-state index in [1.807, 2.05) is 0 Å². The first kappa shape index (κ1) is 17.5. The zero-order valence-corrected chi connectivity index (χ0v) is 15.3. The van der Waals surface area contributed by atoms with E-state index in [-0.39, 0.29) is 29.4 Å². The van der Waals surface area contributed by atoms with E-state index in [9.17, 15) is 13.2 Å². The SMILES string of the molecule is CC(C)Cc1ccc([C@H](NC(=O)[C@H]2CCS(=O)(=O)C2)C2CC2)cc1. The summed E-state index contributed by atoms with van der Waals surface area (Å²) in [6, 6.07) is 8.56. The summed E-state index contributed by atoms with van der Waals surface area (Å²) in [7, 11) is -3.02. The van der Waals surface area contributed by atoms with E-state index >= 15 is 0 Å². The van der Waals surface area contributed by atoms with Gasteiger partial charge in [-0.3, -0.25) is 4.79 Å². The lowest BCUT2D eigenvalue weighted by Crippen LogP contribution is -2.35. The van der Waals surface area contributed by atoms with Gasteiger partial charge in [0.15, 0.2) is 9.84 Å².